The standard InChI is InChI=1S/C19H21ClN2O3/c1-13-15(20)9-6-10-16(13)22-18(23)12-21-17(19(24)25-2)11-14-7-4-3-5-8-14/h3-10,17,21H,11-12H2,1-2H3,(H,22,23)/t17-/m1/s1. The van der Waals surface area contributed by atoms with Crippen LogP contribution in [-0.2, 0) is 20.7 Å². The third-order valence-electron chi connectivity index (χ3n) is 3.82. The zero-order valence-corrected chi connectivity index (χ0v) is 15.0. The molecule has 0 fully saturated rings. The maximum atomic E-state index is 12.2. The molecular formula is C19H21ClN2O3. The molecule has 0 unspecified atom stereocenters. The number of esters is 1. The predicted molar refractivity (Wildman–Crippen MR) is 98.8 cm³/mol. The number of hydrogen-bond acceptors (Lipinski definition) is 4. The number of hydrogen-bond donors (Lipinski definition) is 2. The fourth-order valence-corrected chi connectivity index (χ4v) is 2.56. The largest absolute Gasteiger partial charge is 0.468 e. The first-order chi connectivity index (χ1) is 12.0. The van der Waals surface area contributed by atoms with Gasteiger partial charge in [-0.15, -0.1) is 0 Å². The van der Waals surface area contributed by atoms with E-state index in [1.54, 1.807) is 18.2 Å². The normalized spacial score (nSPS) is 11.6. The molecule has 0 aromatic heterocycles. The Morgan fingerprint density at radius 2 is 1.84 bits per heavy atom. The van der Waals surface area contributed by atoms with Gasteiger partial charge in [-0.1, -0.05) is 48.0 Å². The number of carbonyl (C=O) groups excluding carboxylic acids is 2. The first kappa shape index (κ1) is 19.0. The number of carbonyl (C=O) groups is 2. The summed E-state index contributed by atoms with van der Waals surface area (Å²) in [4.78, 5) is 24.1. The molecule has 0 radical (unpaired) electrons. The second-order valence-electron chi connectivity index (χ2n) is 5.61. The molecule has 2 aromatic carbocycles. The van der Waals surface area contributed by atoms with E-state index in [1.165, 1.54) is 7.11 Å². The summed E-state index contributed by atoms with van der Waals surface area (Å²) in [5.74, 6) is -0.664. The quantitative estimate of drug-likeness (QED) is 0.745. The molecule has 2 rings (SSSR count). The summed E-state index contributed by atoms with van der Waals surface area (Å²) < 4.78 is 4.82. The topological polar surface area (TPSA) is 67.4 Å². The molecule has 132 valence electrons. The Labute approximate surface area is 152 Å². The number of benzene rings is 2. The molecule has 0 saturated carbocycles. The number of methoxy groups -OCH3 is 1. The maximum absolute atomic E-state index is 12.2. The van der Waals surface area contributed by atoms with Crippen LogP contribution in [0.5, 0.6) is 0 Å². The van der Waals surface area contributed by atoms with Crippen LogP contribution in [0.25, 0.3) is 0 Å². The van der Waals surface area contributed by atoms with E-state index >= 15 is 0 Å². The Kier molecular flexibility index (Phi) is 6.98. The van der Waals surface area contributed by atoms with Crippen LogP contribution in [0, 0.1) is 6.92 Å². The van der Waals surface area contributed by atoms with Gasteiger partial charge in [0.05, 0.1) is 13.7 Å². The predicted octanol–water partition coefficient (Wildman–Crippen LogP) is 2.96. The van der Waals surface area contributed by atoms with Crippen molar-refractivity contribution in [2.75, 3.05) is 19.0 Å². The molecule has 5 nitrogen and oxygen atoms in total. The summed E-state index contributed by atoms with van der Waals surface area (Å²) in [5, 5.41) is 6.33. The smallest absolute Gasteiger partial charge is 0.323 e. The first-order valence-electron chi connectivity index (χ1n) is 7.91. The Bertz CT molecular complexity index is 735. The zero-order valence-electron chi connectivity index (χ0n) is 14.2. The third kappa shape index (κ3) is 5.59. The van der Waals surface area contributed by atoms with E-state index < -0.39 is 12.0 Å². The van der Waals surface area contributed by atoms with Crippen molar-refractivity contribution in [1.82, 2.24) is 5.32 Å². The number of halogens is 1. The molecule has 2 aromatic rings. The van der Waals surface area contributed by atoms with E-state index in [0.717, 1.165) is 11.1 Å². The minimum atomic E-state index is -0.599. The summed E-state index contributed by atoms with van der Waals surface area (Å²) in [6.45, 7) is 1.82. The average molecular weight is 361 g/mol. The average Bonchev–Trinajstić information content (AvgIpc) is 2.62. The second-order valence-corrected chi connectivity index (χ2v) is 6.01. The molecule has 0 bridgehead atoms. The van der Waals surface area contributed by atoms with Crippen molar-refractivity contribution in [1.29, 1.82) is 0 Å². The lowest BCUT2D eigenvalue weighted by Gasteiger charge is -2.17. The molecule has 0 aliphatic carbocycles. The number of rotatable bonds is 7. The van der Waals surface area contributed by atoms with Gasteiger partial charge < -0.3 is 10.1 Å². The Balaban J connectivity index is 1.96. The fraction of sp³-hybridized carbons (Fsp3) is 0.263. The molecule has 25 heavy (non-hydrogen) atoms. The van der Waals surface area contributed by atoms with Crippen molar-refractivity contribution in [2.24, 2.45) is 0 Å². The lowest BCUT2D eigenvalue weighted by atomic mass is 10.1. The summed E-state index contributed by atoms with van der Waals surface area (Å²) >= 11 is 6.05. The van der Waals surface area contributed by atoms with Gasteiger partial charge in [0.15, 0.2) is 0 Å². The van der Waals surface area contributed by atoms with Crippen molar-refractivity contribution >= 4 is 29.2 Å². The Morgan fingerprint density at radius 1 is 1.12 bits per heavy atom. The SMILES string of the molecule is COC(=O)[C@@H](Cc1ccccc1)NCC(=O)Nc1cccc(Cl)c1C. The van der Waals surface area contributed by atoms with Gasteiger partial charge in [0.25, 0.3) is 0 Å². The van der Waals surface area contributed by atoms with Crippen LogP contribution in [-0.4, -0.2) is 31.6 Å². The van der Waals surface area contributed by atoms with Crippen LogP contribution in [0.2, 0.25) is 5.02 Å². The highest BCUT2D eigenvalue weighted by Gasteiger charge is 2.20. The van der Waals surface area contributed by atoms with Crippen molar-refractivity contribution in [3.05, 3.63) is 64.7 Å². The van der Waals surface area contributed by atoms with Crippen molar-refractivity contribution in [3.63, 3.8) is 0 Å². The highest BCUT2D eigenvalue weighted by atomic mass is 35.5. The van der Waals surface area contributed by atoms with E-state index in [2.05, 4.69) is 10.6 Å². The van der Waals surface area contributed by atoms with E-state index in [-0.39, 0.29) is 12.5 Å². The van der Waals surface area contributed by atoms with E-state index in [0.29, 0.717) is 17.1 Å². The number of ether oxygens (including phenoxy) is 1. The maximum Gasteiger partial charge on any atom is 0.323 e. The van der Waals surface area contributed by atoms with Crippen molar-refractivity contribution < 1.29 is 14.3 Å². The minimum absolute atomic E-state index is 0.0153. The lowest BCUT2D eigenvalue weighted by Crippen LogP contribution is -2.43. The van der Waals surface area contributed by atoms with Crippen LogP contribution in [0.15, 0.2) is 48.5 Å². The molecule has 0 saturated heterocycles. The lowest BCUT2D eigenvalue weighted by molar-refractivity contribution is -0.143. The number of amides is 1. The summed E-state index contributed by atoms with van der Waals surface area (Å²) in [7, 11) is 1.33. The number of anilines is 1. The van der Waals surface area contributed by atoms with Crippen LogP contribution < -0.4 is 10.6 Å². The molecular weight excluding hydrogens is 340 g/mol. The molecule has 0 heterocycles. The van der Waals surface area contributed by atoms with Crippen molar-refractivity contribution in [3.8, 4) is 0 Å². The first-order valence-corrected chi connectivity index (χ1v) is 8.29. The van der Waals surface area contributed by atoms with Gasteiger partial charge >= 0.3 is 5.97 Å². The minimum Gasteiger partial charge on any atom is -0.468 e. The van der Waals surface area contributed by atoms with Gasteiger partial charge in [-0.05, 0) is 36.6 Å². The summed E-state index contributed by atoms with van der Waals surface area (Å²) in [6, 6.07) is 14.3. The van der Waals surface area contributed by atoms with Gasteiger partial charge in [-0.2, -0.15) is 0 Å². The molecule has 0 aliphatic rings. The zero-order chi connectivity index (χ0) is 18.2. The Hall–Kier alpha value is -2.37. The third-order valence-corrected chi connectivity index (χ3v) is 4.23. The molecule has 0 aliphatic heterocycles. The van der Waals surface area contributed by atoms with Crippen LogP contribution in [0.3, 0.4) is 0 Å². The molecule has 1 atom stereocenters. The van der Waals surface area contributed by atoms with Crippen LogP contribution in [0.4, 0.5) is 5.69 Å². The van der Waals surface area contributed by atoms with Crippen LogP contribution in [0.1, 0.15) is 11.1 Å². The molecule has 6 heteroatoms. The highest BCUT2D eigenvalue weighted by Crippen LogP contribution is 2.22. The number of nitrogens with one attached hydrogen (secondary N) is 2. The second kappa shape index (κ2) is 9.20. The molecule has 0 spiro atoms. The van der Waals surface area contributed by atoms with E-state index in [4.69, 9.17) is 16.3 Å². The highest BCUT2D eigenvalue weighted by molar-refractivity contribution is 6.31. The molecule has 1 amide bonds. The van der Waals surface area contributed by atoms with E-state index in [1.807, 2.05) is 37.3 Å². The monoisotopic (exact) mass is 360 g/mol. The van der Waals surface area contributed by atoms with Gasteiger partial charge in [0, 0.05) is 10.7 Å². The summed E-state index contributed by atoms with van der Waals surface area (Å²) in [6.07, 6.45) is 0.441. The summed E-state index contributed by atoms with van der Waals surface area (Å²) in [5.41, 5.74) is 2.43. The van der Waals surface area contributed by atoms with Gasteiger partial charge in [-0.25, -0.2) is 0 Å². The van der Waals surface area contributed by atoms with E-state index in [9.17, 15) is 9.59 Å². The Morgan fingerprint density at radius 3 is 2.52 bits per heavy atom. The van der Waals surface area contributed by atoms with Crippen LogP contribution >= 0.6 is 11.6 Å². The van der Waals surface area contributed by atoms with Gasteiger partial charge in [0.1, 0.15) is 6.04 Å². The van der Waals surface area contributed by atoms with Gasteiger partial charge in [0.2, 0.25) is 5.91 Å². The molecule has 2 N–H and O–H groups in total. The van der Waals surface area contributed by atoms with Crippen molar-refractivity contribution in [2.45, 2.75) is 19.4 Å². The fourth-order valence-electron chi connectivity index (χ4n) is 2.38. The van der Waals surface area contributed by atoms with Gasteiger partial charge in [-0.3, -0.25) is 14.9 Å².